The van der Waals surface area contributed by atoms with Crippen LogP contribution in [0.4, 0.5) is 10.1 Å². The van der Waals surface area contributed by atoms with Gasteiger partial charge < -0.3 is 14.4 Å². The number of nitrogens with one attached hydrogen (secondary N) is 1. The lowest BCUT2D eigenvalue weighted by Crippen LogP contribution is -2.31. The molecular weight excluding hydrogens is 435 g/mol. The molecule has 32 heavy (non-hydrogen) atoms. The SMILES string of the molecule is Cc1cc(C)n(CC(=O)Nc2ccccc2F)c(=O)c1-c1nc(-c2ccc(Cl)cc2)no1. The highest BCUT2D eigenvalue weighted by atomic mass is 35.5. The average Bonchev–Trinajstić information content (AvgIpc) is 3.23. The van der Waals surface area contributed by atoms with Crippen LogP contribution in [0.15, 0.2) is 63.9 Å². The fourth-order valence-electron chi connectivity index (χ4n) is 3.32. The van der Waals surface area contributed by atoms with Crippen LogP contribution in [0, 0.1) is 19.7 Å². The number of aromatic nitrogens is 3. The van der Waals surface area contributed by atoms with Gasteiger partial charge in [0.1, 0.15) is 17.9 Å². The molecule has 0 atom stereocenters. The molecule has 0 aliphatic rings. The Morgan fingerprint density at radius 3 is 2.59 bits per heavy atom. The van der Waals surface area contributed by atoms with Crippen molar-refractivity contribution in [1.29, 1.82) is 0 Å². The maximum Gasteiger partial charge on any atom is 0.264 e. The Morgan fingerprint density at radius 2 is 1.88 bits per heavy atom. The molecule has 162 valence electrons. The average molecular weight is 453 g/mol. The highest BCUT2D eigenvalue weighted by Crippen LogP contribution is 2.24. The van der Waals surface area contributed by atoms with Crippen LogP contribution in [0.3, 0.4) is 0 Å². The molecule has 1 N–H and O–H groups in total. The molecule has 1 amide bonds. The second kappa shape index (κ2) is 8.76. The molecule has 2 aromatic heterocycles. The zero-order valence-electron chi connectivity index (χ0n) is 17.2. The van der Waals surface area contributed by atoms with E-state index in [0.29, 0.717) is 27.7 Å². The van der Waals surface area contributed by atoms with E-state index in [0.717, 1.165) is 0 Å². The van der Waals surface area contributed by atoms with Gasteiger partial charge in [0.2, 0.25) is 11.7 Å². The molecule has 0 spiro atoms. The summed E-state index contributed by atoms with van der Waals surface area (Å²) in [6, 6.07) is 14.4. The lowest BCUT2D eigenvalue weighted by atomic mass is 10.1. The Kier molecular flexibility index (Phi) is 5.87. The van der Waals surface area contributed by atoms with E-state index in [9.17, 15) is 14.0 Å². The summed E-state index contributed by atoms with van der Waals surface area (Å²) in [4.78, 5) is 30.1. The van der Waals surface area contributed by atoms with Gasteiger partial charge in [0.25, 0.3) is 11.4 Å². The third kappa shape index (κ3) is 4.31. The fourth-order valence-corrected chi connectivity index (χ4v) is 3.45. The second-order valence-electron chi connectivity index (χ2n) is 7.19. The second-order valence-corrected chi connectivity index (χ2v) is 7.63. The number of amides is 1. The predicted molar refractivity (Wildman–Crippen MR) is 119 cm³/mol. The molecule has 2 aromatic carbocycles. The van der Waals surface area contributed by atoms with Gasteiger partial charge in [-0.3, -0.25) is 9.59 Å². The van der Waals surface area contributed by atoms with Crippen molar-refractivity contribution >= 4 is 23.2 Å². The van der Waals surface area contributed by atoms with Gasteiger partial charge in [-0.15, -0.1) is 0 Å². The summed E-state index contributed by atoms with van der Waals surface area (Å²) in [7, 11) is 0. The molecule has 0 fully saturated rings. The molecule has 0 unspecified atom stereocenters. The lowest BCUT2D eigenvalue weighted by Gasteiger charge is -2.13. The molecule has 0 saturated heterocycles. The first-order valence-corrected chi connectivity index (χ1v) is 10.1. The minimum absolute atomic E-state index is 0.0417. The first kappa shape index (κ1) is 21.5. The Labute approximate surface area is 187 Å². The van der Waals surface area contributed by atoms with Gasteiger partial charge in [0.05, 0.1) is 5.69 Å². The minimum atomic E-state index is -0.560. The Balaban J connectivity index is 1.66. The Bertz CT molecular complexity index is 1360. The standard InChI is InChI=1S/C23H18ClFN4O3/c1-13-11-14(2)29(12-19(30)26-18-6-4-3-5-17(18)25)23(31)20(13)22-27-21(28-32-22)15-7-9-16(24)10-8-15/h3-11H,12H2,1-2H3,(H,26,30). The highest BCUT2D eigenvalue weighted by Gasteiger charge is 2.20. The number of carbonyl (C=O) groups is 1. The molecule has 4 aromatic rings. The minimum Gasteiger partial charge on any atom is -0.333 e. The number of benzene rings is 2. The molecule has 4 rings (SSSR count). The smallest absolute Gasteiger partial charge is 0.264 e. The monoisotopic (exact) mass is 452 g/mol. The first-order valence-electron chi connectivity index (χ1n) is 9.69. The van der Waals surface area contributed by atoms with Gasteiger partial charge in [-0.1, -0.05) is 28.9 Å². The van der Waals surface area contributed by atoms with Gasteiger partial charge in [0.15, 0.2) is 0 Å². The van der Waals surface area contributed by atoms with E-state index in [1.807, 2.05) is 0 Å². The number of para-hydroxylation sites is 1. The van der Waals surface area contributed by atoms with Crippen molar-refractivity contribution in [3.05, 3.63) is 87.0 Å². The topological polar surface area (TPSA) is 90.0 Å². The number of halogens is 2. The zero-order valence-corrected chi connectivity index (χ0v) is 18.0. The summed E-state index contributed by atoms with van der Waals surface area (Å²) in [6.45, 7) is 3.16. The summed E-state index contributed by atoms with van der Waals surface area (Å²) in [5.74, 6) is -0.752. The van der Waals surface area contributed by atoms with Gasteiger partial charge in [-0.2, -0.15) is 4.98 Å². The van der Waals surface area contributed by atoms with E-state index in [2.05, 4.69) is 15.5 Å². The van der Waals surface area contributed by atoms with Crippen LogP contribution in [-0.2, 0) is 11.3 Å². The molecule has 0 saturated carbocycles. The number of anilines is 1. The number of hydrogen-bond acceptors (Lipinski definition) is 5. The van der Waals surface area contributed by atoms with Crippen LogP contribution in [0.1, 0.15) is 11.3 Å². The number of carbonyl (C=O) groups excluding carboxylic acids is 1. The normalized spacial score (nSPS) is 10.9. The molecule has 0 bridgehead atoms. The van der Waals surface area contributed by atoms with E-state index in [-0.39, 0.29) is 23.7 Å². The largest absolute Gasteiger partial charge is 0.333 e. The van der Waals surface area contributed by atoms with Gasteiger partial charge in [-0.05, 0) is 61.9 Å². The van der Waals surface area contributed by atoms with Crippen LogP contribution in [0.5, 0.6) is 0 Å². The van der Waals surface area contributed by atoms with Gasteiger partial charge in [0, 0.05) is 16.3 Å². The Morgan fingerprint density at radius 1 is 1.16 bits per heavy atom. The maximum absolute atomic E-state index is 13.8. The van der Waals surface area contributed by atoms with E-state index < -0.39 is 17.3 Å². The summed E-state index contributed by atoms with van der Waals surface area (Å²) in [5, 5.41) is 7.01. The quantitative estimate of drug-likeness (QED) is 0.477. The van der Waals surface area contributed by atoms with E-state index in [1.54, 1.807) is 50.2 Å². The van der Waals surface area contributed by atoms with Crippen molar-refractivity contribution in [2.24, 2.45) is 0 Å². The zero-order chi connectivity index (χ0) is 22.8. The first-order chi connectivity index (χ1) is 15.3. The number of nitrogens with zero attached hydrogens (tertiary/aromatic N) is 3. The molecule has 7 nitrogen and oxygen atoms in total. The molecule has 0 aliphatic heterocycles. The van der Waals surface area contributed by atoms with Crippen molar-refractivity contribution in [2.45, 2.75) is 20.4 Å². The van der Waals surface area contributed by atoms with Crippen LogP contribution in [-0.4, -0.2) is 20.6 Å². The predicted octanol–water partition coefficient (Wildman–Crippen LogP) is 4.61. The lowest BCUT2D eigenvalue weighted by molar-refractivity contribution is -0.116. The van der Waals surface area contributed by atoms with Crippen molar-refractivity contribution < 1.29 is 13.7 Å². The molecule has 0 aliphatic carbocycles. The van der Waals surface area contributed by atoms with Crippen molar-refractivity contribution in [2.75, 3.05) is 5.32 Å². The van der Waals surface area contributed by atoms with Gasteiger partial charge in [-0.25, -0.2) is 4.39 Å². The van der Waals surface area contributed by atoms with Crippen molar-refractivity contribution in [1.82, 2.24) is 14.7 Å². The van der Waals surface area contributed by atoms with Crippen LogP contribution >= 0.6 is 11.6 Å². The third-order valence-electron chi connectivity index (χ3n) is 4.90. The van der Waals surface area contributed by atoms with Crippen LogP contribution in [0.2, 0.25) is 5.02 Å². The fraction of sp³-hybridized carbons (Fsp3) is 0.130. The highest BCUT2D eigenvalue weighted by molar-refractivity contribution is 6.30. The van der Waals surface area contributed by atoms with E-state index in [1.165, 1.54) is 22.8 Å². The summed E-state index contributed by atoms with van der Waals surface area (Å²) >= 11 is 5.91. The maximum atomic E-state index is 13.8. The number of rotatable bonds is 5. The van der Waals surface area contributed by atoms with Crippen molar-refractivity contribution in [3.63, 3.8) is 0 Å². The van der Waals surface area contributed by atoms with Crippen molar-refractivity contribution in [3.8, 4) is 22.8 Å². The van der Waals surface area contributed by atoms with Gasteiger partial charge >= 0.3 is 0 Å². The van der Waals surface area contributed by atoms with Crippen LogP contribution in [0.25, 0.3) is 22.8 Å². The summed E-state index contributed by atoms with van der Waals surface area (Å²) in [5.41, 5.74) is 1.65. The summed E-state index contributed by atoms with van der Waals surface area (Å²) in [6.07, 6.45) is 0. The number of hydrogen-bond donors (Lipinski definition) is 1. The number of pyridine rings is 1. The molecule has 0 radical (unpaired) electrons. The van der Waals surface area contributed by atoms with E-state index in [4.69, 9.17) is 16.1 Å². The molecule has 2 heterocycles. The molecular formula is C23H18ClFN4O3. The summed E-state index contributed by atoms with van der Waals surface area (Å²) < 4.78 is 20.5. The number of aryl methyl sites for hydroxylation is 2. The van der Waals surface area contributed by atoms with E-state index >= 15 is 0 Å². The Hall–Kier alpha value is -3.78. The molecule has 9 heteroatoms. The van der Waals surface area contributed by atoms with Crippen LogP contribution < -0.4 is 10.9 Å². The third-order valence-corrected chi connectivity index (χ3v) is 5.15.